The molecule has 0 saturated carbocycles. The van der Waals surface area contributed by atoms with E-state index in [1.54, 1.807) is 18.3 Å². The lowest BCUT2D eigenvalue weighted by Gasteiger charge is -2.14. The minimum atomic E-state index is -0.380. The van der Waals surface area contributed by atoms with Crippen molar-refractivity contribution in [1.82, 2.24) is 10.3 Å². The van der Waals surface area contributed by atoms with Gasteiger partial charge >= 0.3 is 0 Å². The highest BCUT2D eigenvalue weighted by Crippen LogP contribution is 2.16. The highest BCUT2D eigenvalue weighted by atomic mass is 32.1. The molecule has 0 saturated heterocycles. The maximum absolute atomic E-state index is 8.46. The van der Waals surface area contributed by atoms with Crippen molar-refractivity contribution in [3.8, 4) is 0 Å². The lowest BCUT2D eigenvalue weighted by Crippen LogP contribution is -2.32. The molecule has 0 fully saturated rings. The average Bonchev–Trinajstić information content (AvgIpc) is 2.79. The Morgan fingerprint density at radius 1 is 1.67 bits per heavy atom. The van der Waals surface area contributed by atoms with Crippen LogP contribution in [0.1, 0.15) is 30.6 Å². The van der Waals surface area contributed by atoms with E-state index in [1.165, 1.54) is 0 Å². The standard InChI is InChI=1S/C11H20N4O2S/c1-7-6-18-11(14-7)8(2)13-4-5-17-9(3)10(12)15-16/h6,8-9,13,16H,4-5H2,1-3H3,(H2,12,15). The van der Waals surface area contributed by atoms with Gasteiger partial charge in [-0.2, -0.15) is 0 Å². The van der Waals surface area contributed by atoms with E-state index in [0.717, 1.165) is 10.7 Å². The predicted molar refractivity (Wildman–Crippen MR) is 72.1 cm³/mol. The van der Waals surface area contributed by atoms with Crippen LogP contribution in [0.25, 0.3) is 0 Å². The fourth-order valence-corrected chi connectivity index (χ4v) is 2.16. The van der Waals surface area contributed by atoms with Crippen LogP contribution in [0.2, 0.25) is 0 Å². The van der Waals surface area contributed by atoms with Crippen molar-refractivity contribution >= 4 is 17.2 Å². The van der Waals surface area contributed by atoms with Crippen molar-refractivity contribution in [1.29, 1.82) is 0 Å². The van der Waals surface area contributed by atoms with Gasteiger partial charge < -0.3 is 21.0 Å². The van der Waals surface area contributed by atoms with E-state index in [0.29, 0.717) is 13.2 Å². The van der Waals surface area contributed by atoms with Gasteiger partial charge in [-0.1, -0.05) is 5.16 Å². The SMILES string of the molecule is Cc1csc(C(C)NCCOC(C)C(N)=NO)n1. The molecule has 0 aliphatic carbocycles. The number of hydrogen-bond acceptors (Lipinski definition) is 6. The van der Waals surface area contributed by atoms with Gasteiger partial charge in [0.05, 0.1) is 12.6 Å². The number of rotatable bonds is 7. The van der Waals surface area contributed by atoms with Crippen LogP contribution in [0, 0.1) is 6.92 Å². The molecular weight excluding hydrogens is 252 g/mol. The van der Waals surface area contributed by atoms with Crippen molar-refractivity contribution in [3.63, 3.8) is 0 Å². The first-order valence-electron chi connectivity index (χ1n) is 5.79. The summed E-state index contributed by atoms with van der Waals surface area (Å²) in [6.45, 7) is 6.96. The normalized spacial score (nSPS) is 15.6. The molecule has 1 rings (SSSR count). The van der Waals surface area contributed by atoms with Gasteiger partial charge in [0, 0.05) is 17.6 Å². The third kappa shape index (κ3) is 4.59. The maximum atomic E-state index is 8.46. The molecule has 2 unspecified atom stereocenters. The van der Waals surface area contributed by atoms with E-state index in [2.05, 4.69) is 22.4 Å². The number of oxime groups is 1. The second-order valence-electron chi connectivity index (χ2n) is 4.04. The van der Waals surface area contributed by atoms with Gasteiger partial charge in [0.2, 0.25) is 0 Å². The fraction of sp³-hybridized carbons (Fsp3) is 0.636. The number of amidine groups is 1. The van der Waals surface area contributed by atoms with Gasteiger partial charge in [0.15, 0.2) is 5.84 Å². The molecule has 0 amide bonds. The van der Waals surface area contributed by atoms with E-state index in [1.807, 2.05) is 12.3 Å². The van der Waals surface area contributed by atoms with Crippen LogP contribution in [-0.2, 0) is 4.74 Å². The van der Waals surface area contributed by atoms with Crippen molar-refractivity contribution in [2.45, 2.75) is 32.9 Å². The van der Waals surface area contributed by atoms with Gasteiger partial charge in [-0.05, 0) is 20.8 Å². The summed E-state index contributed by atoms with van der Waals surface area (Å²) in [5.41, 5.74) is 6.44. The minimum Gasteiger partial charge on any atom is -0.409 e. The number of nitrogens with zero attached hydrogens (tertiary/aromatic N) is 2. The summed E-state index contributed by atoms with van der Waals surface area (Å²) < 4.78 is 5.39. The lowest BCUT2D eigenvalue weighted by atomic mass is 10.3. The van der Waals surface area contributed by atoms with Crippen molar-refractivity contribution in [3.05, 3.63) is 16.1 Å². The first-order valence-corrected chi connectivity index (χ1v) is 6.67. The second-order valence-corrected chi connectivity index (χ2v) is 4.93. The number of thiazole rings is 1. The smallest absolute Gasteiger partial charge is 0.168 e. The van der Waals surface area contributed by atoms with Crippen molar-refractivity contribution < 1.29 is 9.94 Å². The van der Waals surface area contributed by atoms with Crippen LogP contribution in [0.4, 0.5) is 0 Å². The summed E-state index contributed by atoms with van der Waals surface area (Å²) in [6.07, 6.45) is -0.380. The molecule has 0 spiro atoms. The molecule has 0 aromatic carbocycles. The number of nitrogens with two attached hydrogens (primary N) is 1. The molecule has 1 aromatic heterocycles. The number of nitrogens with one attached hydrogen (secondary N) is 1. The predicted octanol–water partition coefficient (Wildman–Crippen LogP) is 1.25. The van der Waals surface area contributed by atoms with Gasteiger partial charge in [0.1, 0.15) is 11.1 Å². The molecule has 2 atom stereocenters. The molecular formula is C11H20N4O2S. The van der Waals surface area contributed by atoms with E-state index in [-0.39, 0.29) is 18.0 Å². The van der Waals surface area contributed by atoms with Crippen LogP contribution in [0.3, 0.4) is 0 Å². The third-order valence-electron chi connectivity index (χ3n) is 2.46. The molecule has 0 aliphatic rings. The Hall–Kier alpha value is -1.18. The number of hydrogen-bond donors (Lipinski definition) is 3. The van der Waals surface area contributed by atoms with Crippen molar-refractivity contribution in [2.24, 2.45) is 10.9 Å². The number of ether oxygens (including phenoxy) is 1. The lowest BCUT2D eigenvalue weighted by molar-refractivity contribution is 0.106. The Kier molecular flexibility index (Phi) is 6.03. The van der Waals surface area contributed by atoms with E-state index < -0.39 is 0 Å². The highest BCUT2D eigenvalue weighted by molar-refractivity contribution is 7.09. The first kappa shape index (κ1) is 14.9. The second kappa shape index (κ2) is 7.30. The van der Waals surface area contributed by atoms with Crippen LogP contribution >= 0.6 is 11.3 Å². The van der Waals surface area contributed by atoms with Gasteiger partial charge in [-0.3, -0.25) is 0 Å². The average molecular weight is 272 g/mol. The topological polar surface area (TPSA) is 92.8 Å². The number of aromatic nitrogens is 1. The van der Waals surface area contributed by atoms with E-state index in [4.69, 9.17) is 15.7 Å². The molecule has 0 radical (unpaired) electrons. The van der Waals surface area contributed by atoms with Gasteiger partial charge in [-0.15, -0.1) is 11.3 Å². The van der Waals surface area contributed by atoms with Crippen LogP contribution in [-0.4, -0.2) is 35.3 Å². The summed E-state index contributed by atoms with van der Waals surface area (Å²) >= 11 is 1.64. The Labute approximate surface area is 111 Å². The Balaban J connectivity index is 2.22. The molecule has 1 heterocycles. The van der Waals surface area contributed by atoms with Crippen LogP contribution in [0.15, 0.2) is 10.5 Å². The molecule has 102 valence electrons. The van der Waals surface area contributed by atoms with Crippen LogP contribution < -0.4 is 11.1 Å². The molecule has 0 aliphatic heterocycles. The molecule has 6 nitrogen and oxygen atoms in total. The highest BCUT2D eigenvalue weighted by Gasteiger charge is 2.10. The quantitative estimate of drug-likeness (QED) is 0.228. The van der Waals surface area contributed by atoms with E-state index in [9.17, 15) is 0 Å². The summed E-state index contributed by atoms with van der Waals surface area (Å²) in [6, 6.07) is 0.200. The van der Waals surface area contributed by atoms with E-state index >= 15 is 0 Å². The maximum Gasteiger partial charge on any atom is 0.168 e. The first-order chi connectivity index (χ1) is 8.54. The Morgan fingerprint density at radius 2 is 2.39 bits per heavy atom. The van der Waals surface area contributed by atoms with Gasteiger partial charge in [0.25, 0.3) is 0 Å². The Morgan fingerprint density at radius 3 is 2.94 bits per heavy atom. The van der Waals surface area contributed by atoms with Gasteiger partial charge in [-0.25, -0.2) is 4.98 Å². The number of aryl methyl sites for hydroxylation is 1. The monoisotopic (exact) mass is 272 g/mol. The molecule has 1 aromatic rings. The molecule has 7 heteroatoms. The van der Waals surface area contributed by atoms with Crippen molar-refractivity contribution in [2.75, 3.05) is 13.2 Å². The zero-order valence-electron chi connectivity index (χ0n) is 10.9. The van der Waals surface area contributed by atoms with Crippen LogP contribution in [0.5, 0.6) is 0 Å². The summed E-state index contributed by atoms with van der Waals surface area (Å²) in [7, 11) is 0. The minimum absolute atomic E-state index is 0.0820. The fourth-order valence-electron chi connectivity index (χ4n) is 1.34. The zero-order chi connectivity index (χ0) is 13.5. The molecule has 4 N–H and O–H groups in total. The summed E-state index contributed by atoms with van der Waals surface area (Å²) in [4.78, 5) is 4.41. The third-order valence-corrected chi connectivity index (χ3v) is 3.60. The summed E-state index contributed by atoms with van der Waals surface area (Å²) in [5.74, 6) is 0.0820. The molecule has 0 bridgehead atoms. The molecule has 18 heavy (non-hydrogen) atoms. The zero-order valence-corrected chi connectivity index (χ0v) is 11.7. The Bertz CT molecular complexity index is 394. The largest absolute Gasteiger partial charge is 0.409 e. The summed E-state index contributed by atoms with van der Waals surface area (Å²) in [5, 5.41) is 17.8.